The molecular weight excluding hydrogens is 528 g/mol. The van der Waals surface area contributed by atoms with Crippen molar-refractivity contribution >= 4 is 39.9 Å². The molecule has 190 valence electrons. The molecule has 0 spiro atoms. The number of fused-ring (bicyclic) bond motifs is 1. The zero-order valence-corrected chi connectivity index (χ0v) is 20.9. The summed E-state index contributed by atoms with van der Waals surface area (Å²) in [6.07, 6.45) is -0.939. The van der Waals surface area contributed by atoms with E-state index in [0.29, 0.717) is 38.4 Å². The lowest BCUT2D eigenvalue weighted by Gasteiger charge is -2.40. The van der Waals surface area contributed by atoms with Crippen molar-refractivity contribution in [3.05, 3.63) is 64.0 Å². The topological polar surface area (TPSA) is 90.7 Å². The smallest absolute Gasteiger partial charge is 0.389 e. The summed E-state index contributed by atoms with van der Waals surface area (Å²) in [5, 5.41) is 18.6. The molecule has 37 heavy (non-hydrogen) atoms. The van der Waals surface area contributed by atoms with Crippen LogP contribution in [-0.2, 0) is 0 Å². The summed E-state index contributed by atoms with van der Waals surface area (Å²) in [6, 6.07) is 9.16. The van der Waals surface area contributed by atoms with Gasteiger partial charge >= 0.3 is 6.18 Å². The minimum Gasteiger partial charge on any atom is -0.486 e. The normalized spacial score (nSPS) is 14.9. The molecule has 12 heteroatoms. The summed E-state index contributed by atoms with van der Waals surface area (Å²) in [5.41, 5.74) is 2.77. The van der Waals surface area contributed by atoms with Crippen LogP contribution in [0.2, 0.25) is 10.0 Å². The summed E-state index contributed by atoms with van der Waals surface area (Å²) in [7, 11) is 0. The number of ether oxygens (including phenoxy) is 1. The van der Waals surface area contributed by atoms with Crippen LogP contribution in [0, 0.1) is 17.2 Å². The highest BCUT2D eigenvalue weighted by molar-refractivity contribution is 6.35. The van der Waals surface area contributed by atoms with Gasteiger partial charge in [0.05, 0.1) is 21.1 Å². The summed E-state index contributed by atoms with van der Waals surface area (Å²) >= 11 is 12.5. The van der Waals surface area contributed by atoms with E-state index >= 15 is 0 Å². The molecule has 0 bridgehead atoms. The van der Waals surface area contributed by atoms with Crippen molar-refractivity contribution < 1.29 is 17.9 Å². The molecule has 1 saturated heterocycles. The Morgan fingerprint density at radius 2 is 1.92 bits per heavy atom. The Labute approximate surface area is 219 Å². The number of halogens is 5. The number of aromatic amines is 1. The number of hydrogen-bond donors (Lipinski definition) is 1. The fourth-order valence-corrected chi connectivity index (χ4v) is 5.15. The Kier molecular flexibility index (Phi) is 6.60. The second-order valence-electron chi connectivity index (χ2n) is 8.85. The highest BCUT2D eigenvalue weighted by Crippen LogP contribution is 2.37. The highest BCUT2D eigenvalue weighted by atomic mass is 35.5. The third-order valence-electron chi connectivity index (χ3n) is 6.18. The van der Waals surface area contributed by atoms with Crippen LogP contribution in [0.1, 0.15) is 30.6 Å². The van der Waals surface area contributed by atoms with Crippen molar-refractivity contribution in [2.45, 2.75) is 25.6 Å². The van der Waals surface area contributed by atoms with Crippen molar-refractivity contribution in [1.29, 1.82) is 5.26 Å². The highest BCUT2D eigenvalue weighted by Gasteiger charge is 2.39. The Balaban J connectivity index is 1.39. The molecule has 0 radical (unpaired) electrons. The second-order valence-corrected chi connectivity index (χ2v) is 9.67. The molecule has 1 fully saturated rings. The number of H-pyrrole nitrogens is 1. The monoisotopic (exact) mass is 546 g/mol. The summed E-state index contributed by atoms with van der Waals surface area (Å²) in [5.74, 6) is 0.419. The van der Waals surface area contributed by atoms with E-state index in [1.54, 1.807) is 23.2 Å². The maximum absolute atomic E-state index is 12.6. The van der Waals surface area contributed by atoms with Gasteiger partial charge in [-0.25, -0.2) is 4.98 Å². The summed E-state index contributed by atoms with van der Waals surface area (Å²) < 4.78 is 44.0. The van der Waals surface area contributed by atoms with Crippen molar-refractivity contribution in [3.63, 3.8) is 0 Å². The fraction of sp³-hybridized carbons (Fsp3) is 0.280. The second kappa shape index (κ2) is 9.72. The van der Waals surface area contributed by atoms with E-state index in [2.05, 4.69) is 26.2 Å². The van der Waals surface area contributed by atoms with Crippen molar-refractivity contribution in [1.82, 2.24) is 20.2 Å². The SMILES string of the molecule is CC(Oc1ccc2[nH]nc(-c3cnc(N4CC(CC(F)(F)F)C4)c(C#N)c3)c2c1)c1c(Cl)cncc1Cl. The Morgan fingerprint density at radius 3 is 2.59 bits per heavy atom. The number of nitrogens with zero attached hydrogens (tertiary/aromatic N) is 5. The van der Waals surface area contributed by atoms with Crippen LogP contribution in [0.3, 0.4) is 0 Å². The van der Waals surface area contributed by atoms with E-state index in [1.165, 1.54) is 12.4 Å². The van der Waals surface area contributed by atoms with Gasteiger partial charge in [0.25, 0.3) is 0 Å². The first-order chi connectivity index (χ1) is 17.6. The minimum absolute atomic E-state index is 0.205. The number of nitriles is 1. The van der Waals surface area contributed by atoms with Crippen LogP contribution in [0.25, 0.3) is 22.2 Å². The van der Waals surface area contributed by atoms with Gasteiger partial charge in [0.2, 0.25) is 0 Å². The van der Waals surface area contributed by atoms with Crippen LogP contribution in [0.15, 0.2) is 42.9 Å². The summed E-state index contributed by atoms with van der Waals surface area (Å²) in [6.45, 7) is 2.23. The third-order valence-corrected chi connectivity index (χ3v) is 6.78. The number of rotatable bonds is 6. The Morgan fingerprint density at radius 1 is 1.19 bits per heavy atom. The largest absolute Gasteiger partial charge is 0.486 e. The molecule has 7 nitrogen and oxygen atoms in total. The lowest BCUT2D eigenvalue weighted by Crippen LogP contribution is -2.49. The number of anilines is 1. The molecule has 1 atom stereocenters. The standard InChI is InChI=1S/C25H19Cl2F3N6O/c1-13(22-19(26)9-32-10-20(22)27)37-17-2-3-21-18(5-17)23(35-34-21)16-4-15(7-31)24(33-8-16)36-11-14(12-36)6-25(28,29)30/h2-5,8-10,13-14H,6,11-12H2,1H3,(H,34,35). The number of nitrogens with one attached hydrogen (secondary N) is 1. The number of pyridine rings is 2. The molecule has 4 heterocycles. The number of benzene rings is 1. The van der Waals surface area contributed by atoms with Crippen molar-refractivity contribution in [2.75, 3.05) is 18.0 Å². The van der Waals surface area contributed by atoms with Gasteiger partial charge in [0.1, 0.15) is 29.4 Å². The van der Waals surface area contributed by atoms with Crippen molar-refractivity contribution in [3.8, 4) is 23.1 Å². The quantitative estimate of drug-likeness (QED) is 0.288. The van der Waals surface area contributed by atoms with Crippen LogP contribution in [-0.4, -0.2) is 39.4 Å². The average molecular weight is 547 g/mol. The molecule has 1 N–H and O–H groups in total. The maximum Gasteiger partial charge on any atom is 0.389 e. The first-order valence-corrected chi connectivity index (χ1v) is 12.0. The van der Waals surface area contributed by atoms with Gasteiger partial charge in [-0.2, -0.15) is 23.5 Å². The zero-order valence-electron chi connectivity index (χ0n) is 19.4. The minimum atomic E-state index is -4.20. The molecule has 0 aliphatic carbocycles. The van der Waals surface area contributed by atoms with Gasteiger partial charge in [-0.15, -0.1) is 0 Å². The molecule has 3 aromatic heterocycles. The van der Waals surface area contributed by atoms with E-state index < -0.39 is 24.6 Å². The van der Waals surface area contributed by atoms with E-state index in [1.807, 2.05) is 19.1 Å². The zero-order chi connectivity index (χ0) is 26.3. The number of hydrogen-bond acceptors (Lipinski definition) is 6. The number of alkyl halides is 3. The summed E-state index contributed by atoms with van der Waals surface area (Å²) in [4.78, 5) is 10.0. The Hall–Kier alpha value is -3.55. The van der Waals surface area contributed by atoms with Gasteiger partial charge in [0.15, 0.2) is 0 Å². The van der Waals surface area contributed by atoms with Crippen LogP contribution < -0.4 is 9.64 Å². The van der Waals surface area contributed by atoms with Crippen LogP contribution >= 0.6 is 23.2 Å². The molecule has 1 aromatic carbocycles. The van der Waals surface area contributed by atoms with E-state index in [4.69, 9.17) is 27.9 Å². The fourth-order valence-electron chi connectivity index (χ4n) is 4.48. The van der Waals surface area contributed by atoms with Gasteiger partial charge in [-0.1, -0.05) is 23.2 Å². The van der Waals surface area contributed by atoms with Gasteiger partial charge in [-0.05, 0) is 31.2 Å². The predicted molar refractivity (Wildman–Crippen MR) is 134 cm³/mol. The molecule has 4 aromatic rings. The first kappa shape index (κ1) is 25.1. The maximum atomic E-state index is 12.6. The van der Waals surface area contributed by atoms with Crippen molar-refractivity contribution in [2.24, 2.45) is 5.92 Å². The molecule has 1 aliphatic rings. The van der Waals surface area contributed by atoms with Crippen LogP contribution in [0.4, 0.5) is 19.0 Å². The lowest BCUT2D eigenvalue weighted by molar-refractivity contribution is -0.146. The van der Waals surface area contributed by atoms with Gasteiger partial charge in [-0.3, -0.25) is 10.1 Å². The lowest BCUT2D eigenvalue weighted by atomic mass is 9.95. The van der Waals surface area contributed by atoms with E-state index in [0.717, 1.165) is 10.9 Å². The third kappa shape index (κ3) is 5.15. The molecule has 0 amide bonds. The van der Waals surface area contributed by atoms with Gasteiger partial charge in [0, 0.05) is 60.5 Å². The molecule has 0 saturated carbocycles. The van der Waals surface area contributed by atoms with Crippen LogP contribution in [0.5, 0.6) is 5.75 Å². The number of aromatic nitrogens is 4. The average Bonchev–Trinajstić information content (AvgIpc) is 3.23. The molecule has 5 rings (SSSR count). The molecule has 1 unspecified atom stereocenters. The van der Waals surface area contributed by atoms with E-state index in [9.17, 15) is 18.4 Å². The molecule has 1 aliphatic heterocycles. The van der Waals surface area contributed by atoms with E-state index in [-0.39, 0.29) is 18.7 Å². The first-order valence-electron chi connectivity index (χ1n) is 11.3. The Bertz CT molecular complexity index is 1490. The van der Waals surface area contributed by atoms with Gasteiger partial charge < -0.3 is 9.64 Å². The molecular formula is C25H19Cl2F3N6O. The predicted octanol–water partition coefficient (Wildman–Crippen LogP) is 6.73.